The third-order valence-electron chi connectivity index (χ3n) is 4.49. The number of furan rings is 1. The van der Waals surface area contributed by atoms with Crippen LogP contribution in [-0.4, -0.2) is 17.0 Å². The maximum atomic E-state index is 12.8. The number of hydrogen-bond donors (Lipinski definition) is 2. The first-order chi connectivity index (χ1) is 11.5. The molecule has 1 unspecified atom stereocenters. The van der Waals surface area contributed by atoms with Crippen molar-refractivity contribution in [1.82, 2.24) is 5.32 Å². The number of hydrogen-bond acceptors (Lipinski definition) is 3. The summed E-state index contributed by atoms with van der Waals surface area (Å²) in [5, 5.41) is 12.1. The highest BCUT2D eigenvalue weighted by atomic mass is 16.4. The van der Waals surface area contributed by atoms with Crippen molar-refractivity contribution in [2.45, 2.75) is 39.2 Å². The molecule has 0 radical (unpaired) electrons. The van der Waals surface area contributed by atoms with Gasteiger partial charge in [-0.1, -0.05) is 24.3 Å². The normalized spacial score (nSPS) is 15.1. The standard InChI is InChI=1S/C19H21NO4/c1-11-5-3-4-6-14(11)18(13-7-8-13)20-19(23)17-12(2)10-24-15(17)9-16(21)22/h3-6,10,13,18H,7-9H2,1-2H3,(H,20,23)(H,21,22). The molecule has 1 fully saturated rings. The van der Waals surface area contributed by atoms with Gasteiger partial charge in [0, 0.05) is 5.56 Å². The van der Waals surface area contributed by atoms with Crippen LogP contribution in [0.25, 0.3) is 0 Å². The molecule has 126 valence electrons. The second-order valence-electron chi connectivity index (χ2n) is 6.43. The Morgan fingerprint density at radius 3 is 2.58 bits per heavy atom. The van der Waals surface area contributed by atoms with Gasteiger partial charge >= 0.3 is 5.97 Å². The van der Waals surface area contributed by atoms with Gasteiger partial charge in [-0.15, -0.1) is 0 Å². The monoisotopic (exact) mass is 327 g/mol. The van der Waals surface area contributed by atoms with E-state index in [2.05, 4.69) is 5.32 Å². The summed E-state index contributed by atoms with van der Waals surface area (Å²) in [7, 11) is 0. The topological polar surface area (TPSA) is 79.5 Å². The second-order valence-corrected chi connectivity index (χ2v) is 6.43. The first kappa shape index (κ1) is 16.3. The number of benzene rings is 1. The third kappa shape index (κ3) is 3.35. The molecule has 2 aromatic rings. The number of carboxylic acids is 1. The van der Waals surface area contributed by atoms with Crippen molar-refractivity contribution in [3.8, 4) is 0 Å². The van der Waals surface area contributed by atoms with Crippen LogP contribution in [0.15, 0.2) is 34.9 Å². The minimum atomic E-state index is -1.02. The van der Waals surface area contributed by atoms with Crippen LogP contribution < -0.4 is 5.32 Å². The highest BCUT2D eigenvalue weighted by Gasteiger charge is 2.35. The first-order valence-electron chi connectivity index (χ1n) is 8.12. The lowest BCUT2D eigenvalue weighted by molar-refractivity contribution is -0.136. The molecule has 3 rings (SSSR count). The number of carbonyl (C=O) groups is 2. The van der Waals surface area contributed by atoms with Crippen molar-refractivity contribution < 1.29 is 19.1 Å². The van der Waals surface area contributed by atoms with E-state index in [-0.39, 0.29) is 24.1 Å². The Hall–Kier alpha value is -2.56. The molecule has 0 saturated heterocycles. The Bertz CT molecular complexity index is 773. The molecule has 0 bridgehead atoms. The van der Waals surface area contributed by atoms with Crippen LogP contribution in [0.1, 0.15) is 51.7 Å². The number of amides is 1. The SMILES string of the molecule is Cc1ccccc1C(NC(=O)c1c(C)coc1CC(=O)O)C1CC1. The van der Waals surface area contributed by atoms with Gasteiger partial charge in [0.1, 0.15) is 12.2 Å². The van der Waals surface area contributed by atoms with Crippen molar-refractivity contribution in [3.63, 3.8) is 0 Å². The Balaban J connectivity index is 1.86. The summed E-state index contributed by atoms with van der Waals surface area (Å²) < 4.78 is 5.27. The lowest BCUT2D eigenvalue weighted by Gasteiger charge is -2.21. The van der Waals surface area contributed by atoms with Gasteiger partial charge < -0.3 is 14.8 Å². The zero-order valence-corrected chi connectivity index (χ0v) is 13.8. The van der Waals surface area contributed by atoms with Crippen molar-refractivity contribution in [3.05, 3.63) is 58.5 Å². The summed E-state index contributed by atoms with van der Waals surface area (Å²) in [5.74, 6) is -0.643. The summed E-state index contributed by atoms with van der Waals surface area (Å²) >= 11 is 0. The molecule has 5 nitrogen and oxygen atoms in total. The van der Waals surface area contributed by atoms with Crippen molar-refractivity contribution in [1.29, 1.82) is 0 Å². The number of nitrogens with one attached hydrogen (secondary N) is 1. The largest absolute Gasteiger partial charge is 0.481 e. The van der Waals surface area contributed by atoms with Gasteiger partial charge in [0.05, 0.1) is 17.9 Å². The van der Waals surface area contributed by atoms with E-state index in [0.717, 1.165) is 24.0 Å². The minimum absolute atomic E-state index is 0.0503. The fourth-order valence-electron chi connectivity index (χ4n) is 3.10. The maximum Gasteiger partial charge on any atom is 0.311 e. The van der Waals surface area contributed by atoms with Crippen molar-refractivity contribution in [2.75, 3.05) is 0 Å². The number of carboxylic acid groups (broad SMARTS) is 1. The van der Waals surface area contributed by atoms with Crippen LogP contribution in [-0.2, 0) is 11.2 Å². The van der Waals surface area contributed by atoms with Gasteiger partial charge in [-0.2, -0.15) is 0 Å². The number of rotatable bonds is 6. The van der Waals surface area contributed by atoms with Gasteiger partial charge in [0.15, 0.2) is 0 Å². The van der Waals surface area contributed by atoms with E-state index in [1.54, 1.807) is 6.92 Å². The quantitative estimate of drug-likeness (QED) is 0.852. The molecule has 24 heavy (non-hydrogen) atoms. The molecule has 0 aliphatic heterocycles. The van der Waals surface area contributed by atoms with Gasteiger partial charge in [-0.25, -0.2) is 0 Å². The summed E-state index contributed by atoms with van der Waals surface area (Å²) in [5.41, 5.74) is 3.26. The molecule has 5 heteroatoms. The van der Waals surface area contributed by atoms with E-state index >= 15 is 0 Å². The molecule has 1 atom stereocenters. The summed E-state index contributed by atoms with van der Waals surface area (Å²) in [6.07, 6.45) is 3.32. The summed E-state index contributed by atoms with van der Waals surface area (Å²) in [6, 6.07) is 7.98. The molecule has 1 aromatic heterocycles. The third-order valence-corrected chi connectivity index (χ3v) is 4.49. The second kappa shape index (κ2) is 6.51. The molecule has 1 aromatic carbocycles. The molecule has 0 spiro atoms. The Morgan fingerprint density at radius 2 is 1.96 bits per heavy atom. The van der Waals surface area contributed by atoms with Crippen LogP contribution >= 0.6 is 0 Å². The van der Waals surface area contributed by atoms with Crippen molar-refractivity contribution in [2.24, 2.45) is 5.92 Å². The lowest BCUT2D eigenvalue weighted by atomic mass is 9.97. The Labute approximate surface area is 140 Å². The summed E-state index contributed by atoms with van der Waals surface area (Å²) in [4.78, 5) is 23.8. The van der Waals surface area contributed by atoms with Crippen LogP contribution in [0, 0.1) is 19.8 Å². The van der Waals surface area contributed by atoms with Crippen LogP contribution in [0.2, 0.25) is 0 Å². The Kier molecular flexibility index (Phi) is 4.42. The van der Waals surface area contributed by atoms with Gasteiger partial charge in [-0.05, 0) is 43.7 Å². The smallest absolute Gasteiger partial charge is 0.311 e. The highest BCUT2D eigenvalue weighted by Crippen LogP contribution is 2.42. The number of aryl methyl sites for hydroxylation is 2. The molecule has 2 N–H and O–H groups in total. The van der Waals surface area contributed by atoms with E-state index < -0.39 is 5.97 Å². The average molecular weight is 327 g/mol. The Morgan fingerprint density at radius 1 is 1.25 bits per heavy atom. The van der Waals surface area contributed by atoms with E-state index in [0.29, 0.717) is 17.0 Å². The van der Waals surface area contributed by atoms with E-state index in [4.69, 9.17) is 9.52 Å². The fourth-order valence-corrected chi connectivity index (χ4v) is 3.10. The zero-order valence-electron chi connectivity index (χ0n) is 13.8. The molecule has 1 aliphatic rings. The molecular weight excluding hydrogens is 306 g/mol. The van der Waals surface area contributed by atoms with Gasteiger partial charge in [0.2, 0.25) is 0 Å². The van der Waals surface area contributed by atoms with Gasteiger partial charge in [-0.3, -0.25) is 9.59 Å². The highest BCUT2D eigenvalue weighted by molar-refractivity contribution is 5.97. The first-order valence-corrected chi connectivity index (χ1v) is 8.12. The van der Waals surface area contributed by atoms with Crippen molar-refractivity contribution >= 4 is 11.9 Å². The summed E-state index contributed by atoms with van der Waals surface area (Å²) in [6.45, 7) is 3.79. The van der Waals surface area contributed by atoms with E-state index in [1.807, 2.05) is 31.2 Å². The molecule has 1 aliphatic carbocycles. The number of carbonyl (C=O) groups excluding carboxylic acids is 1. The van der Waals surface area contributed by atoms with Crippen LogP contribution in [0.4, 0.5) is 0 Å². The lowest BCUT2D eigenvalue weighted by Crippen LogP contribution is -2.31. The molecular formula is C19H21NO4. The fraction of sp³-hybridized carbons (Fsp3) is 0.368. The zero-order chi connectivity index (χ0) is 17.3. The van der Waals surface area contributed by atoms with Crippen LogP contribution in [0.5, 0.6) is 0 Å². The predicted molar refractivity (Wildman–Crippen MR) is 88.9 cm³/mol. The van der Waals surface area contributed by atoms with Crippen LogP contribution in [0.3, 0.4) is 0 Å². The van der Waals surface area contributed by atoms with E-state index in [9.17, 15) is 9.59 Å². The molecule has 1 heterocycles. The minimum Gasteiger partial charge on any atom is -0.481 e. The number of aliphatic carboxylic acids is 1. The van der Waals surface area contributed by atoms with E-state index in [1.165, 1.54) is 6.26 Å². The van der Waals surface area contributed by atoms with Gasteiger partial charge in [0.25, 0.3) is 5.91 Å². The molecule has 1 amide bonds. The predicted octanol–water partition coefficient (Wildman–Crippen LogP) is 3.40. The molecule has 1 saturated carbocycles. The average Bonchev–Trinajstić information content (AvgIpc) is 3.30. The maximum absolute atomic E-state index is 12.8.